The maximum Gasteiger partial charge on any atom is 0.417 e. The van der Waals surface area contributed by atoms with E-state index in [9.17, 15) is 9.59 Å². The van der Waals surface area contributed by atoms with Crippen LogP contribution in [0.1, 0.15) is 128 Å². The Kier molecular flexibility index (Phi) is 9.15. The highest BCUT2D eigenvalue weighted by atomic mass is 16.6. The summed E-state index contributed by atoms with van der Waals surface area (Å²) in [6.45, 7) is 24.6. The Morgan fingerprint density at radius 2 is 1.59 bits per heavy atom. The molecular weight excluding hydrogens is 426 g/mol. The number of ether oxygens (including phenoxy) is 2. The standard InChI is InChI=1S/C29H45NO4/c1-12-13-24-25(16-26(31)30(24)28(32)34-29(9,10)11)33-20(8)27-22(18(4)5)14-21(17(2)3)15-23(27)19(6)7/h12,14-15,17-20,24-25H,1,13,16H2,2-11H3/t20-,24+,25+/m0/s1. The molecule has 1 aromatic carbocycles. The molecule has 0 spiro atoms. The number of hydrogen-bond donors (Lipinski definition) is 0. The Labute approximate surface area is 206 Å². The van der Waals surface area contributed by atoms with Crippen molar-refractivity contribution in [3.63, 3.8) is 0 Å². The SMILES string of the molecule is C=CC[C@@H]1[C@H](O[C@@H](C)c2c(C(C)C)cc(C(C)C)cc2C(C)C)CC(=O)N1C(=O)OC(C)(C)C. The van der Waals surface area contributed by atoms with E-state index in [4.69, 9.17) is 9.47 Å². The topological polar surface area (TPSA) is 55.8 Å². The van der Waals surface area contributed by atoms with E-state index >= 15 is 0 Å². The third kappa shape index (κ3) is 6.50. The number of carbonyl (C=O) groups is 2. The Morgan fingerprint density at radius 1 is 1.06 bits per heavy atom. The van der Waals surface area contributed by atoms with Gasteiger partial charge in [0, 0.05) is 0 Å². The van der Waals surface area contributed by atoms with Gasteiger partial charge < -0.3 is 9.47 Å². The van der Waals surface area contributed by atoms with Crippen molar-refractivity contribution in [3.05, 3.63) is 47.0 Å². The zero-order chi connectivity index (χ0) is 26.0. The molecule has 1 fully saturated rings. The van der Waals surface area contributed by atoms with Crippen molar-refractivity contribution in [2.45, 2.75) is 124 Å². The van der Waals surface area contributed by atoms with Gasteiger partial charge >= 0.3 is 6.09 Å². The largest absolute Gasteiger partial charge is 0.443 e. The normalized spacial score (nSPS) is 19.9. The second kappa shape index (κ2) is 11.1. The first-order chi connectivity index (χ1) is 15.7. The molecule has 1 aliphatic heterocycles. The van der Waals surface area contributed by atoms with Crippen LogP contribution in [0.2, 0.25) is 0 Å². The summed E-state index contributed by atoms with van der Waals surface area (Å²) < 4.78 is 12.1. The first-order valence-corrected chi connectivity index (χ1v) is 12.7. The smallest absolute Gasteiger partial charge is 0.417 e. The number of carbonyl (C=O) groups excluding carboxylic acids is 2. The first kappa shape index (κ1) is 28.1. The monoisotopic (exact) mass is 471 g/mol. The molecule has 0 N–H and O–H groups in total. The van der Waals surface area contributed by atoms with Crippen LogP contribution in [-0.2, 0) is 14.3 Å². The number of amides is 2. The summed E-state index contributed by atoms with van der Waals surface area (Å²) in [5.74, 6) is 0.850. The van der Waals surface area contributed by atoms with Gasteiger partial charge in [0.25, 0.3) is 0 Å². The van der Waals surface area contributed by atoms with E-state index in [0.717, 1.165) is 0 Å². The minimum absolute atomic E-state index is 0.153. The van der Waals surface area contributed by atoms with Gasteiger partial charge in [0.05, 0.1) is 24.7 Å². The lowest BCUT2D eigenvalue weighted by molar-refractivity contribution is -0.128. The molecule has 0 saturated carbocycles. The molecule has 5 heteroatoms. The van der Waals surface area contributed by atoms with Gasteiger partial charge in [-0.05, 0) is 74.1 Å². The zero-order valence-corrected chi connectivity index (χ0v) is 22.9. The van der Waals surface area contributed by atoms with E-state index in [2.05, 4.69) is 67.2 Å². The zero-order valence-electron chi connectivity index (χ0n) is 22.9. The third-order valence-corrected chi connectivity index (χ3v) is 6.37. The molecule has 1 saturated heterocycles. The highest BCUT2D eigenvalue weighted by Gasteiger charge is 2.46. The Hall–Kier alpha value is -2.14. The van der Waals surface area contributed by atoms with Crippen molar-refractivity contribution in [2.75, 3.05) is 0 Å². The van der Waals surface area contributed by atoms with Crippen molar-refractivity contribution in [3.8, 4) is 0 Å². The molecule has 3 atom stereocenters. The van der Waals surface area contributed by atoms with Gasteiger partial charge in [-0.3, -0.25) is 4.79 Å². The molecule has 190 valence electrons. The lowest BCUT2D eigenvalue weighted by atomic mass is 9.82. The third-order valence-electron chi connectivity index (χ3n) is 6.37. The molecule has 1 aromatic rings. The number of imide groups is 1. The average Bonchev–Trinajstić information content (AvgIpc) is 3.00. The highest BCUT2D eigenvalue weighted by Crippen LogP contribution is 2.39. The molecule has 0 aromatic heterocycles. The molecular formula is C29H45NO4. The van der Waals surface area contributed by atoms with Crippen LogP contribution >= 0.6 is 0 Å². The fourth-order valence-electron chi connectivity index (χ4n) is 4.68. The molecule has 2 rings (SSSR count). The summed E-state index contributed by atoms with van der Waals surface area (Å²) in [7, 11) is 0. The van der Waals surface area contributed by atoms with Gasteiger partial charge in [-0.2, -0.15) is 0 Å². The van der Waals surface area contributed by atoms with Gasteiger partial charge in [-0.15, -0.1) is 6.58 Å². The minimum Gasteiger partial charge on any atom is -0.443 e. The summed E-state index contributed by atoms with van der Waals surface area (Å²) in [5.41, 5.74) is 4.43. The van der Waals surface area contributed by atoms with E-state index in [-0.39, 0.29) is 18.4 Å². The molecule has 1 heterocycles. The van der Waals surface area contributed by atoms with Crippen LogP contribution in [0.5, 0.6) is 0 Å². The fourth-order valence-corrected chi connectivity index (χ4v) is 4.68. The van der Waals surface area contributed by atoms with Crippen LogP contribution < -0.4 is 0 Å². The molecule has 0 bridgehead atoms. The average molecular weight is 472 g/mol. The van der Waals surface area contributed by atoms with E-state index in [1.54, 1.807) is 26.8 Å². The maximum atomic E-state index is 12.9. The first-order valence-electron chi connectivity index (χ1n) is 12.7. The highest BCUT2D eigenvalue weighted by molar-refractivity contribution is 5.94. The predicted molar refractivity (Wildman–Crippen MR) is 138 cm³/mol. The number of nitrogens with zero attached hydrogens (tertiary/aromatic N) is 1. The van der Waals surface area contributed by atoms with Crippen molar-refractivity contribution in [1.82, 2.24) is 4.90 Å². The van der Waals surface area contributed by atoms with Crippen molar-refractivity contribution in [2.24, 2.45) is 0 Å². The quantitative estimate of drug-likeness (QED) is 0.366. The minimum atomic E-state index is -0.682. The van der Waals surface area contributed by atoms with E-state index in [0.29, 0.717) is 24.2 Å². The van der Waals surface area contributed by atoms with E-state index < -0.39 is 23.8 Å². The Bertz CT molecular complexity index is 865. The second-order valence-corrected chi connectivity index (χ2v) is 11.4. The summed E-state index contributed by atoms with van der Waals surface area (Å²) in [6.07, 6.45) is 1.09. The second-order valence-electron chi connectivity index (χ2n) is 11.4. The van der Waals surface area contributed by atoms with Crippen molar-refractivity contribution >= 4 is 12.0 Å². The number of rotatable bonds is 8. The lowest BCUT2D eigenvalue weighted by Crippen LogP contribution is -2.44. The number of likely N-dealkylation sites (tertiary alicyclic amines) is 1. The molecule has 1 aliphatic rings. The van der Waals surface area contributed by atoms with Crippen LogP contribution in [0, 0.1) is 0 Å². The molecule has 5 nitrogen and oxygen atoms in total. The van der Waals surface area contributed by atoms with Gasteiger partial charge in [-0.1, -0.05) is 59.8 Å². The molecule has 0 aliphatic carbocycles. The van der Waals surface area contributed by atoms with E-state index in [1.165, 1.54) is 27.2 Å². The van der Waals surface area contributed by atoms with Crippen LogP contribution in [0.3, 0.4) is 0 Å². The lowest BCUT2D eigenvalue weighted by Gasteiger charge is -2.31. The molecule has 34 heavy (non-hydrogen) atoms. The van der Waals surface area contributed by atoms with Crippen LogP contribution in [0.15, 0.2) is 24.8 Å². The van der Waals surface area contributed by atoms with Gasteiger partial charge in [0.2, 0.25) is 5.91 Å². The van der Waals surface area contributed by atoms with Gasteiger partial charge in [0.15, 0.2) is 0 Å². The van der Waals surface area contributed by atoms with Crippen molar-refractivity contribution < 1.29 is 19.1 Å². The predicted octanol–water partition coefficient (Wildman–Crippen LogP) is 7.62. The maximum absolute atomic E-state index is 12.9. The van der Waals surface area contributed by atoms with Crippen LogP contribution in [0.25, 0.3) is 0 Å². The summed E-state index contributed by atoms with van der Waals surface area (Å²) in [4.78, 5) is 27.0. The summed E-state index contributed by atoms with van der Waals surface area (Å²) in [6, 6.07) is 4.19. The number of hydrogen-bond acceptors (Lipinski definition) is 4. The molecule has 2 amide bonds. The van der Waals surface area contributed by atoms with Crippen LogP contribution in [-0.4, -0.2) is 34.6 Å². The number of benzene rings is 1. The van der Waals surface area contributed by atoms with E-state index in [1.807, 2.05) is 0 Å². The molecule has 0 radical (unpaired) electrons. The van der Waals surface area contributed by atoms with Crippen LogP contribution in [0.4, 0.5) is 4.79 Å². The van der Waals surface area contributed by atoms with Gasteiger partial charge in [-0.25, -0.2) is 9.69 Å². The Morgan fingerprint density at radius 3 is 2.00 bits per heavy atom. The fraction of sp³-hybridized carbons (Fsp3) is 0.655. The summed E-state index contributed by atoms with van der Waals surface area (Å²) in [5, 5.41) is 0. The molecule has 0 unspecified atom stereocenters. The van der Waals surface area contributed by atoms with Crippen molar-refractivity contribution in [1.29, 1.82) is 0 Å². The summed E-state index contributed by atoms with van der Waals surface area (Å²) >= 11 is 0. The Balaban J connectivity index is 2.44. The van der Waals surface area contributed by atoms with Gasteiger partial charge in [0.1, 0.15) is 5.60 Å².